The maximum Gasteiger partial charge on any atom is 0.0449 e. The van der Waals surface area contributed by atoms with E-state index < -0.39 is 0 Å². The molecule has 94 valence electrons. The van der Waals surface area contributed by atoms with Gasteiger partial charge in [0.25, 0.3) is 0 Å². The molecule has 2 aromatic rings. The highest BCUT2D eigenvalue weighted by Gasteiger charge is 2.03. The van der Waals surface area contributed by atoms with Gasteiger partial charge in [-0.3, -0.25) is 0 Å². The van der Waals surface area contributed by atoms with Crippen molar-refractivity contribution in [1.82, 2.24) is 0 Å². The first-order valence-electron chi connectivity index (χ1n) is 5.61. The Bertz CT molecular complexity index is 545. The number of hydrogen-bond acceptors (Lipinski definition) is 2. The van der Waals surface area contributed by atoms with Crippen LogP contribution in [-0.2, 0) is 6.42 Å². The lowest BCUT2D eigenvalue weighted by atomic mass is 10.1. The molecule has 0 radical (unpaired) electrons. The van der Waals surface area contributed by atoms with Gasteiger partial charge < -0.3 is 5.73 Å². The summed E-state index contributed by atoms with van der Waals surface area (Å²) >= 11 is 11.4. The molecule has 0 atom stereocenters. The number of hydrogen-bond donors (Lipinski definition) is 1. The largest absolute Gasteiger partial charge is 0.330 e. The number of nitrogens with two attached hydrogens (primary N) is 1. The van der Waals surface area contributed by atoms with E-state index in [0.29, 0.717) is 6.54 Å². The van der Waals surface area contributed by atoms with Crippen molar-refractivity contribution in [3.63, 3.8) is 0 Å². The predicted molar refractivity (Wildman–Crippen MR) is 82.5 cm³/mol. The van der Waals surface area contributed by atoms with Crippen molar-refractivity contribution in [3.05, 3.63) is 57.5 Å². The number of halogens is 2. The second-order valence-electron chi connectivity index (χ2n) is 3.85. The minimum absolute atomic E-state index is 0.623. The standard InChI is InChI=1S/C14H13BrClNS/c15-11-2-1-3-12(8-11)18-13-5-4-10(6-7-17)14(16)9-13/h1-5,8-9H,6-7,17H2. The molecule has 0 fully saturated rings. The molecule has 0 aliphatic rings. The van der Waals surface area contributed by atoms with E-state index >= 15 is 0 Å². The molecule has 0 aromatic heterocycles. The molecule has 0 bridgehead atoms. The maximum absolute atomic E-state index is 6.23. The highest BCUT2D eigenvalue weighted by molar-refractivity contribution is 9.10. The Morgan fingerprint density at radius 1 is 1.11 bits per heavy atom. The molecule has 0 aliphatic heterocycles. The summed E-state index contributed by atoms with van der Waals surface area (Å²) in [5, 5.41) is 0.792. The van der Waals surface area contributed by atoms with Crippen LogP contribution in [0.2, 0.25) is 5.02 Å². The topological polar surface area (TPSA) is 26.0 Å². The number of rotatable bonds is 4. The fourth-order valence-electron chi connectivity index (χ4n) is 1.62. The molecule has 4 heteroatoms. The minimum atomic E-state index is 0.623. The van der Waals surface area contributed by atoms with Crippen molar-refractivity contribution in [3.8, 4) is 0 Å². The lowest BCUT2D eigenvalue weighted by molar-refractivity contribution is 0.967. The molecule has 0 aliphatic carbocycles. The van der Waals surface area contributed by atoms with Crippen LogP contribution in [0.5, 0.6) is 0 Å². The van der Waals surface area contributed by atoms with E-state index in [2.05, 4.69) is 40.2 Å². The summed E-state index contributed by atoms with van der Waals surface area (Å²) < 4.78 is 1.08. The molecule has 0 amide bonds. The van der Waals surface area contributed by atoms with E-state index in [4.69, 9.17) is 17.3 Å². The van der Waals surface area contributed by atoms with E-state index in [-0.39, 0.29) is 0 Å². The van der Waals surface area contributed by atoms with E-state index in [1.165, 1.54) is 4.90 Å². The lowest BCUT2D eigenvalue weighted by Gasteiger charge is -2.06. The first kappa shape index (κ1) is 13.9. The maximum atomic E-state index is 6.23. The Morgan fingerprint density at radius 2 is 1.89 bits per heavy atom. The van der Waals surface area contributed by atoms with Gasteiger partial charge in [0.1, 0.15) is 0 Å². The number of benzene rings is 2. The van der Waals surface area contributed by atoms with Crippen LogP contribution in [-0.4, -0.2) is 6.54 Å². The molecular weight excluding hydrogens is 330 g/mol. The Balaban J connectivity index is 2.17. The Hall–Kier alpha value is -0.480. The van der Waals surface area contributed by atoms with Gasteiger partial charge in [-0.2, -0.15) is 0 Å². The van der Waals surface area contributed by atoms with Crippen LogP contribution in [0.3, 0.4) is 0 Å². The van der Waals surface area contributed by atoms with Gasteiger partial charge in [-0.1, -0.05) is 51.4 Å². The third kappa shape index (κ3) is 3.75. The van der Waals surface area contributed by atoms with Crippen LogP contribution in [0.15, 0.2) is 56.7 Å². The first-order valence-corrected chi connectivity index (χ1v) is 7.59. The van der Waals surface area contributed by atoms with E-state index in [0.717, 1.165) is 26.4 Å². The van der Waals surface area contributed by atoms with Crippen molar-refractivity contribution < 1.29 is 0 Å². The van der Waals surface area contributed by atoms with E-state index in [1.54, 1.807) is 11.8 Å². The average Bonchev–Trinajstić information content (AvgIpc) is 2.33. The van der Waals surface area contributed by atoms with Crippen molar-refractivity contribution in [2.45, 2.75) is 16.2 Å². The molecule has 0 saturated heterocycles. The summed E-state index contributed by atoms with van der Waals surface area (Å²) in [6.45, 7) is 0.623. The van der Waals surface area contributed by atoms with Gasteiger partial charge in [0, 0.05) is 19.3 Å². The smallest absolute Gasteiger partial charge is 0.0449 e. The Kier molecular flexibility index (Phi) is 5.13. The van der Waals surface area contributed by atoms with Crippen LogP contribution in [0, 0.1) is 0 Å². The second-order valence-corrected chi connectivity index (χ2v) is 6.32. The van der Waals surface area contributed by atoms with Crippen molar-refractivity contribution in [1.29, 1.82) is 0 Å². The van der Waals surface area contributed by atoms with Gasteiger partial charge in [-0.25, -0.2) is 0 Å². The zero-order chi connectivity index (χ0) is 13.0. The molecular formula is C14H13BrClNS. The quantitative estimate of drug-likeness (QED) is 0.867. The minimum Gasteiger partial charge on any atom is -0.330 e. The molecule has 1 nitrogen and oxygen atoms in total. The van der Waals surface area contributed by atoms with Crippen LogP contribution < -0.4 is 5.73 Å². The molecule has 0 saturated carbocycles. The SMILES string of the molecule is NCCc1ccc(Sc2cccc(Br)c2)cc1Cl. The summed E-state index contributed by atoms with van der Waals surface area (Å²) in [5.41, 5.74) is 6.65. The molecule has 2 rings (SSSR count). The summed E-state index contributed by atoms with van der Waals surface area (Å²) in [5.74, 6) is 0. The molecule has 18 heavy (non-hydrogen) atoms. The molecule has 2 aromatic carbocycles. The van der Waals surface area contributed by atoms with Crippen molar-refractivity contribution in [2.75, 3.05) is 6.54 Å². The second kappa shape index (κ2) is 6.62. The van der Waals surface area contributed by atoms with Gasteiger partial charge in [0.2, 0.25) is 0 Å². The molecule has 0 unspecified atom stereocenters. The van der Waals surface area contributed by atoms with E-state index in [1.807, 2.05) is 18.2 Å². The zero-order valence-electron chi connectivity index (χ0n) is 9.70. The lowest BCUT2D eigenvalue weighted by Crippen LogP contribution is -2.02. The predicted octanol–water partition coefficient (Wildman–Crippen LogP) is 4.75. The van der Waals surface area contributed by atoms with Crippen molar-refractivity contribution in [2.24, 2.45) is 5.73 Å². The first-order chi connectivity index (χ1) is 8.69. The van der Waals surface area contributed by atoms with Crippen LogP contribution in [0.25, 0.3) is 0 Å². The van der Waals surface area contributed by atoms with Crippen LogP contribution >= 0.6 is 39.3 Å². The Labute approximate surface area is 125 Å². The highest BCUT2D eigenvalue weighted by atomic mass is 79.9. The highest BCUT2D eigenvalue weighted by Crippen LogP contribution is 2.32. The summed E-state index contributed by atoms with van der Waals surface area (Å²) in [6.07, 6.45) is 0.820. The van der Waals surface area contributed by atoms with Crippen LogP contribution in [0.4, 0.5) is 0 Å². The fraction of sp³-hybridized carbons (Fsp3) is 0.143. The molecule has 0 heterocycles. The third-order valence-corrected chi connectivity index (χ3v) is 4.29. The van der Waals surface area contributed by atoms with Gasteiger partial charge in [0.05, 0.1) is 0 Å². The van der Waals surface area contributed by atoms with Crippen molar-refractivity contribution >= 4 is 39.3 Å². The summed E-state index contributed by atoms with van der Waals surface area (Å²) in [4.78, 5) is 2.32. The molecule has 0 spiro atoms. The van der Waals surface area contributed by atoms with Crippen LogP contribution in [0.1, 0.15) is 5.56 Å². The van der Waals surface area contributed by atoms with Gasteiger partial charge in [-0.05, 0) is 48.9 Å². The normalized spacial score (nSPS) is 10.6. The average molecular weight is 343 g/mol. The fourth-order valence-corrected chi connectivity index (χ4v) is 3.42. The summed E-state index contributed by atoms with van der Waals surface area (Å²) in [7, 11) is 0. The zero-order valence-corrected chi connectivity index (χ0v) is 12.9. The monoisotopic (exact) mass is 341 g/mol. The van der Waals surface area contributed by atoms with Gasteiger partial charge in [0.15, 0.2) is 0 Å². The van der Waals surface area contributed by atoms with Gasteiger partial charge in [-0.15, -0.1) is 0 Å². The third-order valence-electron chi connectivity index (χ3n) is 2.47. The van der Waals surface area contributed by atoms with Gasteiger partial charge >= 0.3 is 0 Å². The summed E-state index contributed by atoms with van der Waals surface area (Å²) in [6, 6.07) is 14.3. The Morgan fingerprint density at radius 3 is 2.56 bits per heavy atom. The van der Waals surface area contributed by atoms with E-state index in [9.17, 15) is 0 Å². The molecule has 2 N–H and O–H groups in total.